The lowest BCUT2D eigenvalue weighted by atomic mass is 10.2. The van der Waals surface area contributed by atoms with Gasteiger partial charge in [0.2, 0.25) is 0 Å². The Kier molecular flexibility index (Phi) is 2.63. The normalized spacial score (nSPS) is 15.6. The highest BCUT2D eigenvalue weighted by Crippen LogP contribution is 2.27. The maximum Gasteiger partial charge on any atom is 0.123 e. The lowest BCUT2D eigenvalue weighted by Crippen LogP contribution is -2.18. The highest BCUT2D eigenvalue weighted by atomic mass is 15.1. The Morgan fingerprint density at radius 2 is 2.24 bits per heavy atom. The minimum absolute atomic E-state index is 0.876. The van der Waals surface area contributed by atoms with Crippen LogP contribution >= 0.6 is 0 Å². The number of benzene rings is 1. The molecule has 0 radical (unpaired) electrons. The molecule has 1 aliphatic rings. The van der Waals surface area contributed by atoms with Crippen molar-refractivity contribution in [3.8, 4) is 0 Å². The summed E-state index contributed by atoms with van der Waals surface area (Å²) in [6.45, 7) is 4.16. The van der Waals surface area contributed by atoms with Crippen LogP contribution in [0.3, 0.4) is 0 Å². The fourth-order valence-electron chi connectivity index (χ4n) is 2.38. The monoisotopic (exact) mass is 229 g/mol. The van der Waals surface area contributed by atoms with Crippen LogP contribution in [-0.4, -0.2) is 16.1 Å². The van der Waals surface area contributed by atoms with E-state index in [1.165, 1.54) is 23.9 Å². The van der Waals surface area contributed by atoms with Crippen LogP contribution in [0.5, 0.6) is 0 Å². The van der Waals surface area contributed by atoms with E-state index < -0.39 is 0 Å². The zero-order valence-electron chi connectivity index (χ0n) is 10.5. The lowest BCUT2D eigenvalue weighted by molar-refractivity contribution is 0.607. The largest absolute Gasteiger partial charge is 0.330 e. The van der Waals surface area contributed by atoms with Gasteiger partial charge in [-0.1, -0.05) is 12.1 Å². The summed E-state index contributed by atoms with van der Waals surface area (Å²) in [7, 11) is 2.11. The van der Waals surface area contributed by atoms with Crippen molar-refractivity contribution >= 4 is 11.0 Å². The fourth-order valence-corrected chi connectivity index (χ4v) is 2.38. The number of aryl methyl sites for hydroxylation is 2. The van der Waals surface area contributed by atoms with E-state index >= 15 is 0 Å². The Bertz CT molecular complexity index is 538. The van der Waals surface area contributed by atoms with E-state index in [0.29, 0.717) is 0 Å². The quantitative estimate of drug-likeness (QED) is 0.872. The number of imidazole rings is 1. The van der Waals surface area contributed by atoms with Crippen molar-refractivity contribution < 1.29 is 0 Å². The van der Waals surface area contributed by atoms with Gasteiger partial charge >= 0.3 is 0 Å². The van der Waals surface area contributed by atoms with Crippen LogP contribution in [-0.2, 0) is 13.6 Å². The minimum Gasteiger partial charge on any atom is -0.330 e. The number of aromatic nitrogens is 2. The van der Waals surface area contributed by atoms with E-state index in [4.69, 9.17) is 4.98 Å². The highest BCUT2D eigenvalue weighted by molar-refractivity contribution is 5.79. The molecule has 90 valence electrons. The van der Waals surface area contributed by atoms with Gasteiger partial charge in [-0.3, -0.25) is 0 Å². The van der Waals surface area contributed by atoms with Gasteiger partial charge in [0, 0.05) is 7.05 Å². The molecule has 0 atom stereocenters. The molecule has 0 unspecified atom stereocenters. The third-order valence-electron chi connectivity index (χ3n) is 3.60. The number of hydrogen-bond acceptors (Lipinski definition) is 2. The average Bonchev–Trinajstić information content (AvgIpc) is 3.06. The zero-order valence-corrected chi connectivity index (χ0v) is 10.5. The molecule has 1 aliphatic carbocycles. The summed E-state index contributed by atoms with van der Waals surface area (Å²) in [6.07, 6.45) is 2.79. The van der Waals surface area contributed by atoms with E-state index in [2.05, 4.69) is 42.1 Å². The van der Waals surface area contributed by atoms with Gasteiger partial charge in [-0.05, 0) is 43.9 Å². The van der Waals surface area contributed by atoms with Crippen molar-refractivity contribution in [1.29, 1.82) is 0 Å². The maximum absolute atomic E-state index is 4.69. The second-order valence-electron chi connectivity index (χ2n) is 5.10. The molecule has 3 nitrogen and oxygen atoms in total. The molecule has 0 bridgehead atoms. The molecule has 0 aliphatic heterocycles. The van der Waals surface area contributed by atoms with Gasteiger partial charge < -0.3 is 9.88 Å². The van der Waals surface area contributed by atoms with Crippen LogP contribution in [0, 0.1) is 12.8 Å². The zero-order chi connectivity index (χ0) is 11.8. The molecule has 17 heavy (non-hydrogen) atoms. The average molecular weight is 229 g/mol. The van der Waals surface area contributed by atoms with Crippen molar-refractivity contribution in [2.75, 3.05) is 6.54 Å². The van der Waals surface area contributed by atoms with Gasteiger partial charge in [0.1, 0.15) is 5.82 Å². The molecule has 2 aromatic rings. The topological polar surface area (TPSA) is 29.9 Å². The lowest BCUT2D eigenvalue weighted by Gasteiger charge is -2.05. The van der Waals surface area contributed by atoms with Crippen LogP contribution in [0.25, 0.3) is 11.0 Å². The summed E-state index contributed by atoms with van der Waals surface area (Å²) in [5, 5.41) is 3.50. The fraction of sp³-hybridized carbons (Fsp3) is 0.500. The minimum atomic E-state index is 0.876. The first-order chi connectivity index (χ1) is 8.25. The smallest absolute Gasteiger partial charge is 0.123 e. The van der Waals surface area contributed by atoms with Gasteiger partial charge in [-0.2, -0.15) is 0 Å². The molecule has 3 rings (SSSR count). The predicted octanol–water partition coefficient (Wildman–Crippen LogP) is 2.38. The van der Waals surface area contributed by atoms with Crippen molar-refractivity contribution in [2.45, 2.75) is 26.3 Å². The first kappa shape index (κ1) is 10.8. The van der Waals surface area contributed by atoms with Gasteiger partial charge in [-0.15, -0.1) is 0 Å². The molecule has 3 heteroatoms. The van der Waals surface area contributed by atoms with Crippen LogP contribution in [0.1, 0.15) is 24.2 Å². The second kappa shape index (κ2) is 4.15. The van der Waals surface area contributed by atoms with E-state index in [-0.39, 0.29) is 0 Å². The number of fused-ring (bicyclic) bond motifs is 1. The standard InChI is InChI=1S/C14H19N3/c1-10-4-3-5-12-14(10)17(2)13(16-12)9-15-8-11-6-7-11/h3-5,11,15H,6-9H2,1-2H3. The SMILES string of the molecule is Cc1cccc2nc(CNCC3CC3)n(C)c12. The molecular weight excluding hydrogens is 210 g/mol. The Balaban J connectivity index is 1.83. The highest BCUT2D eigenvalue weighted by Gasteiger charge is 2.20. The Hall–Kier alpha value is -1.35. The van der Waals surface area contributed by atoms with Crippen molar-refractivity contribution in [3.63, 3.8) is 0 Å². The third-order valence-corrected chi connectivity index (χ3v) is 3.60. The van der Waals surface area contributed by atoms with Gasteiger partial charge in [-0.25, -0.2) is 4.98 Å². The number of rotatable bonds is 4. The maximum atomic E-state index is 4.69. The molecule has 0 spiro atoms. The molecule has 1 N–H and O–H groups in total. The van der Waals surface area contributed by atoms with E-state index in [9.17, 15) is 0 Å². The Morgan fingerprint density at radius 1 is 1.41 bits per heavy atom. The van der Waals surface area contributed by atoms with E-state index in [1.807, 2.05) is 0 Å². The second-order valence-corrected chi connectivity index (χ2v) is 5.10. The molecule has 0 saturated heterocycles. The van der Waals surface area contributed by atoms with Crippen molar-refractivity contribution in [1.82, 2.24) is 14.9 Å². The molecular formula is C14H19N3. The predicted molar refractivity (Wildman–Crippen MR) is 69.9 cm³/mol. The summed E-state index contributed by atoms with van der Waals surface area (Å²) >= 11 is 0. The van der Waals surface area contributed by atoms with Crippen LogP contribution in [0.2, 0.25) is 0 Å². The number of nitrogens with zero attached hydrogens (tertiary/aromatic N) is 2. The van der Waals surface area contributed by atoms with Crippen LogP contribution < -0.4 is 5.32 Å². The molecule has 1 saturated carbocycles. The van der Waals surface area contributed by atoms with E-state index in [0.717, 1.165) is 30.3 Å². The summed E-state index contributed by atoms with van der Waals surface area (Å²) < 4.78 is 2.21. The van der Waals surface area contributed by atoms with Crippen LogP contribution in [0.4, 0.5) is 0 Å². The molecule has 0 amide bonds. The molecule has 1 aromatic carbocycles. The van der Waals surface area contributed by atoms with Gasteiger partial charge in [0.25, 0.3) is 0 Å². The first-order valence-electron chi connectivity index (χ1n) is 6.37. The third kappa shape index (κ3) is 2.07. The first-order valence-corrected chi connectivity index (χ1v) is 6.37. The van der Waals surface area contributed by atoms with Crippen LogP contribution in [0.15, 0.2) is 18.2 Å². The van der Waals surface area contributed by atoms with Gasteiger partial charge in [0.05, 0.1) is 17.6 Å². The summed E-state index contributed by atoms with van der Waals surface area (Å²) in [6, 6.07) is 6.31. The summed E-state index contributed by atoms with van der Waals surface area (Å²) in [5.41, 5.74) is 3.66. The Morgan fingerprint density at radius 3 is 2.94 bits per heavy atom. The molecule has 1 fully saturated rings. The number of para-hydroxylation sites is 1. The number of nitrogens with one attached hydrogen (secondary N) is 1. The van der Waals surface area contributed by atoms with Gasteiger partial charge in [0.15, 0.2) is 0 Å². The van der Waals surface area contributed by atoms with E-state index in [1.54, 1.807) is 0 Å². The van der Waals surface area contributed by atoms with Crippen molar-refractivity contribution in [3.05, 3.63) is 29.6 Å². The summed E-state index contributed by atoms with van der Waals surface area (Å²) in [4.78, 5) is 4.69. The molecule has 1 aromatic heterocycles. The Labute approximate surface area is 102 Å². The molecule has 1 heterocycles. The summed E-state index contributed by atoms with van der Waals surface area (Å²) in [5.74, 6) is 2.06. The number of hydrogen-bond donors (Lipinski definition) is 1. The van der Waals surface area contributed by atoms with Crippen molar-refractivity contribution in [2.24, 2.45) is 13.0 Å².